The highest BCUT2D eigenvalue weighted by Crippen LogP contribution is 2.23. The number of thioether (sulfide) groups is 1. The van der Waals surface area contributed by atoms with Crippen LogP contribution in [0.5, 0.6) is 0 Å². The molecule has 1 aliphatic heterocycles. The van der Waals surface area contributed by atoms with Gasteiger partial charge >= 0.3 is 0 Å². The average Bonchev–Trinajstić information content (AvgIpc) is 3.16. The molecule has 1 saturated carbocycles. The summed E-state index contributed by atoms with van der Waals surface area (Å²) in [6.07, 6.45) is 2.66. The Morgan fingerprint density at radius 3 is 3.05 bits per heavy atom. The van der Waals surface area contributed by atoms with Crippen LogP contribution >= 0.6 is 11.8 Å². The third-order valence-corrected chi connectivity index (χ3v) is 5.28. The Kier molecular flexibility index (Phi) is 4.20. The maximum Gasteiger partial charge on any atom is 0.118 e. The molecule has 1 aliphatic carbocycles. The van der Waals surface area contributed by atoms with E-state index in [1.54, 1.807) is 0 Å². The van der Waals surface area contributed by atoms with Gasteiger partial charge in [-0.1, -0.05) is 0 Å². The summed E-state index contributed by atoms with van der Waals surface area (Å²) in [5.41, 5.74) is 1.37. The zero-order valence-corrected chi connectivity index (χ0v) is 12.8. The highest BCUT2D eigenvalue weighted by atomic mass is 32.2. The van der Waals surface area contributed by atoms with Gasteiger partial charge in [-0.15, -0.1) is 0 Å². The van der Waals surface area contributed by atoms with E-state index < -0.39 is 0 Å². The lowest BCUT2D eigenvalue weighted by Crippen LogP contribution is -2.39. The summed E-state index contributed by atoms with van der Waals surface area (Å²) in [5.74, 6) is 4.71. The number of furan rings is 1. The first kappa shape index (κ1) is 13.5. The molecule has 1 unspecified atom stereocenters. The Morgan fingerprint density at radius 2 is 2.32 bits per heavy atom. The van der Waals surface area contributed by atoms with Crippen molar-refractivity contribution in [1.82, 2.24) is 10.2 Å². The maximum atomic E-state index is 5.88. The Balaban J connectivity index is 1.59. The van der Waals surface area contributed by atoms with Crippen LogP contribution in [0.15, 0.2) is 10.5 Å². The van der Waals surface area contributed by atoms with E-state index in [1.165, 1.54) is 36.5 Å². The second-order valence-electron chi connectivity index (χ2n) is 5.84. The van der Waals surface area contributed by atoms with Gasteiger partial charge in [0.2, 0.25) is 0 Å². The molecule has 0 radical (unpaired) electrons. The molecule has 0 amide bonds. The van der Waals surface area contributed by atoms with E-state index >= 15 is 0 Å². The first-order valence-corrected chi connectivity index (χ1v) is 8.51. The molecule has 19 heavy (non-hydrogen) atoms. The minimum absolute atomic E-state index is 0.682. The molecule has 1 N–H and O–H groups in total. The molecule has 0 aromatic carbocycles. The first-order valence-electron chi connectivity index (χ1n) is 7.36. The quantitative estimate of drug-likeness (QED) is 0.898. The van der Waals surface area contributed by atoms with E-state index in [4.69, 9.17) is 4.42 Å². The lowest BCUT2D eigenvalue weighted by Gasteiger charge is -2.32. The summed E-state index contributed by atoms with van der Waals surface area (Å²) >= 11 is 2.07. The fraction of sp³-hybridized carbons (Fsp3) is 0.733. The normalized spacial score (nSPS) is 24.8. The maximum absolute atomic E-state index is 5.88. The zero-order valence-electron chi connectivity index (χ0n) is 11.9. The Bertz CT molecular complexity index is 428. The molecular formula is C15H24N2OS. The molecule has 3 nitrogen and oxygen atoms in total. The van der Waals surface area contributed by atoms with E-state index in [-0.39, 0.29) is 0 Å². The summed E-state index contributed by atoms with van der Waals surface area (Å²) < 4.78 is 5.88. The monoisotopic (exact) mass is 280 g/mol. The average molecular weight is 280 g/mol. The van der Waals surface area contributed by atoms with E-state index in [2.05, 4.69) is 41.9 Å². The third kappa shape index (κ3) is 3.56. The van der Waals surface area contributed by atoms with Gasteiger partial charge < -0.3 is 9.73 Å². The molecule has 2 aliphatic rings. The Morgan fingerprint density at radius 1 is 1.47 bits per heavy atom. The molecular weight excluding hydrogens is 256 g/mol. The van der Waals surface area contributed by atoms with Gasteiger partial charge in [0, 0.05) is 42.2 Å². The van der Waals surface area contributed by atoms with Gasteiger partial charge in [0.15, 0.2) is 0 Å². The minimum Gasteiger partial charge on any atom is -0.465 e. The SMILES string of the molecule is Cc1oc(CNC2CC2)cc1CN1CCSCC1C. The van der Waals surface area contributed by atoms with Gasteiger partial charge in [-0.3, -0.25) is 4.90 Å². The second kappa shape index (κ2) is 5.90. The van der Waals surface area contributed by atoms with Crippen molar-refractivity contribution >= 4 is 11.8 Å². The highest BCUT2D eigenvalue weighted by molar-refractivity contribution is 7.99. The Labute approximate surface area is 120 Å². The van der Waals surface area contributed by atoms with Crippen LogP contribution in [0.4, 0.5) is 0 Å². The van der Waals surface area contributed by atoms with Crippen LogP contribution in [0.2, 0.25) is 0 Å². The molecule has 1 aromatic heterocycles. The molecule has 106 valence electrons. The van der Waals surface area contributed by atoms with Gasteiger partial charge in [-0.2, -0.15) is 11.8 Å². The molecule has 4 heteroatoms. The van der Waals surface area contributed by atoms with Crippen molar-refractivity contribution in [3.05, 3.63) is 23.2 Å². The predicted octanol–water partition coefficient (Wildman–Crippen LogP) is 2.78. The van der Waals surface area contributed by atoms with Crippen LogP contribution < -0.4 is 5.32 Å². The molecule has 0 spiro atoms. The van der Waals surface area contributed by atoms with Crippen LogP contribution in [0.25, 0.3) is 0 Å². The zero-order chi connectivity index (χ0) is 13.2. The Hall–Kier alpha value is -0.450. The van der Waals surface area contributed by atoms with Crippen molar-refractivity contribution < 1.29 is 4.42 Å². The minimum atomic E-state index is 0.682. The summed E-state index contributed by atoms with van der Waals surface area (Å²) in [6, 6.07) is 3.67. The lowest BCUT2D eigenvalue weighted by atomic mass is 10.2. The molecule has 2 fully saturated rings. The van der Waals surface area contributed by atoms with Gasteiger partial charge in [-0.25, -0.2) is 0 Å². The first-order chi connectivity index (χ1) is 9.22. The van der Waals surface area contributed by atoms with Crippen molar-refractivity contribution in [2.24, 2.45) is 0 Å². The summed E-state index contributed by atoms with van der Waals surface area (Å²) in [7, 11) is 0. The van der Waals surface area contributed by atoms with E-state index in [1.807, 2.05) is 0 Å². The molecule has 0 bridgehead atoms. The van der Waals surface area contributed by atoms with Crippen molar-refractivity contribution in [3.8, 4) is 0 Å². The second-order valence-corrected chi connectivity index (χ2v) is 6.99. The number of rotatable bonds is 5. The van der Waals surface area contributed by atoms with Crippen molar-refractivity contribution in [1.29, 1.82) is 0 Å². The summed E-state index contributed by atoms with van der Waals surface area (Å²) in [6.45, 7) is 7.56. The van der Waals surface area contributed by atoms with Gasteiger partial charge in [0.05, 0.1) is 6.54 Å². The third-order valence-electron chi connectivity index (χ3n) is 4.09. The molecule has 1 aromatic rings. The molecule has 1 saturated heterocycles. The smallest absolute Gasteiger partial charge is 0.118 e. The van der Waals surface area contributed by atoms with E-state index in [0.29, 0.717) is 6.04 Å². The topological polar surface area (TPSA) is 28.4 Å². The fourth-order valence-electron chi connectivity index (χ4n) is 2.58. The van der Waals surface area contributed by atoms with E-state index in [0.717, 1.165) is 30.7 Å². The number of hydrogen-bond donors (Lipinski definition) is 1. The summed E-state index contributed by atoms with van der Waals surface area (Å²) in [4.78, 5) is 2.58. The number of nitrogens with one attached hydrogen (secondary N) is 1. The van der Waals surface area contributed by atoms with Crippen LogP contribution in [-0.2, 0) is 13.1 Å². The van der Waals surface area contributed by atoms with Crippen molar-refractivity contribution in [2.75, 3.05) is 18.1 Å². The predicted molar refractivity (Wildman–Crippen MR) is 80.5 cm³/mol. The number of aryl methyl sites for hydroxylation is 1. The molecule has 3 rings (SSSR count). The van der Waals surface area contributed by atoms with Crippen molar-refractivity contribution in [2.45, 2.75) is 51.9 Å². The van der Waals surface area contributed by atoms with Gasteiger partial charge in [-0.05, 0) is 32.8 Å². The molecule has 2 heterocycles. The van der Waals surface area contributed by atoms with Gasteiger partial charge in [0.1, 0.15) is 11.5 Å². The van der Waals surface area contributed by atoms with Crippen molar-refractivity contribution in [3.63, 3.8) is 0 Å². The fourth-order valence-corrected chi connectivity index (χ4v) is 3.66. The lowest BCUT2D eigenvalue weighted by molar-refractivity contribution is 0.222. The van der Waals surface area contributed by atoms with E-state index in [9.17, 15) is 0 Å². The largest absolute Gasteiger partial charge is 0.465 e. The van der Waals surface area contributed by atoms with Crippen LogP contribution in [0.3, 0.4) is 0 Å². The summed E-state index contributed by atoms with van der Waals surface area (Å²) in [5, 5.41) is 3.52. The van der Waals surface area contributed by atoms with Crippen LogP contribution in [-0.4, -0.2) is 35.0 Å². The number of hydrogen-bond acceptors (Lipinski definition) is 4. The highest BCUT2D eigenvalue weighted by Gasteiger charge is 2.22. The van der Waals surface area contributed by atoms with Gasteiger partial charge in [0.25, 0.3) is 0 Å². The van der Waals surface area contributed by atoms with Crippen LogP contribution in [0, 0.1) is 6.92 Å². The molecule has 1 atom stereocenters. The number of nitrogens with zero attached hydrogens (tertiary/aromatic N) is 1. The standard InChI is InChI=1S/C15H24N2OS/c1-11-10-19-6-5-17(11)9-13-7-15(18-12(13)2)8-16-14-3-4-14/h7,11,14,16H,3-6,8-10H2,1-2H3. The van der Waals surface area contributed by atoms with Crippen LogP contribution in [0.1, 0.15) is 36.8 Å².